The van der Waals surface area contributed by atoms with Gasteiger partial charge < -0.3 is 10.6 Å². The predicted molar refractivity (Wildman–Crippen MR) is 79.0 cm³/mol. The van der Waals surface area contributed by atoms with E-state index in [1.54, 1.807) is 0 Å². The Morgan fingerprint density at radius 3 is 2.71 bits per heavy atom. The average molecular weight is 276 g/mol. The van der Waals surface area contributed by atoms with E-state index in [2.05, 4.69) is 24.5 Å². The summed E-state index contributed by atoms with van der Waals surface area (Å²) in [5.41, 5.74) is 0. The first kappa shape index (κ1) is 15.2. The second-order valence-electron chi connectivity index (χ2n) is 4.28. The molecular formula is C12H24N2OS2. The molecule has 3 nitrogen and oxygen atoms in total. The van der Waals surface area contributed by atoms with Crippen molar-refractivity contribution in [3.05, 3.63) is 0 Å². The maximum absolute atomic E-state index is 11.6. The number of carbonyl (C=O) groups excluding carboxylic acids is 1. The fourth-order valence-electron chi connectivity index (χ4n) is 1.77. The van der Waals surface area contributed by atoms with Gasteiger partial charge in [0.15, 0.2) is 0 Å². The van der Waals surface area contributed by atoms with Crippen molar-refractivity contribution in [1.82, 2.24) is 10.6 Å². The van der Waals surface area contributed by atoms with Crippen molar-refractivity contribution >= 4 is 29.4 Å². The Balaban J connectivity index is 2.06. The van der Waals surface area contributed by atoms with Crippen LogP contribution >= 0.6 is 23.5 Å². The molecule has 0 aromatic rings. The zero-order chi connectivity index (χ0) is 12.5. The van der Waals surface area contributed by atoms with Crippen LogP contribution in [0.25, 0.3) is 0 Å². The number of rotatable bonds is 7. The number of hydrogen-bond donors (Lipinski definition) is 2. The lowest BCUT2D eigenvalue weighted by Gasteiger charge is -2.21. The summed E-state index contributed by atoms with van der Waals surface area (Å²) in [4.78, 5) is 11.6. The summed E-state index contributed by atoms with van der Waals surface area (Å²) in [6.45, 7) is 5.63. The lowest BCUT2D eigenvalue weighted by Crippen LogP contribution is -2.41. The molecule has 0 spiro atoms. The van der Waals surface area contributed by atoms with Crippen LogP contribution in [0.4, 0.5) is 0 Å². The predicted octanol–water partition coefficient (Wildman–Crippen LogP) is 1.73. The highest BCUT2D eigenvalue weighted by Crippen LogP contribution is 2.23. The maximum atomic E-state index is 11.6. The fraction of sp³-hybridized carbons (Fsp3) is 0.917. The minimum atomic E-state index is 0.132. The molecule has 0 radical (unpaired) electrons. The van der Waals surface area contributed by atoms with Gasteiger partial charge in [0.05, 0.1) is 6.54 Å². The molecule has 100 valence electrons. The van der Waals surface area contributed by atoms with Gasteiger partial charge in [0, 0.05) is 35.1 Å². The zero-order valence-electron chi connectivity index (χ0n) is 10.8. The molecule has 1 unspecified atom stereocenters. The number of carbonyl (C=O) groups is 1. The summed E-state index contributed by atoms with van der Waals surface area (Å²) < 4.78 is 0. The zero-order valence-corrected chi connectivity index (χ0v) is 12.5. The molecule has 1 amide bonds. The van der Waals surface area contributed by atoms with Crippen molar-refractivity contribution in [2.75, 3.05) is 30.3 Å². The second-order valence-corrected chi connectivity index (χ2v) is 6.84. The van der Waals surface area contributed by atoms with E-state index < -0.39 is 0 Å². The molecule has 17 heavy (non-hydrogen) atoms. The summed E-state index contributed by atoms with van der Waals surface area (Å²) in [6, 6.07) is 0.337. The molecule has 0 aromatic carbocycles. The van der Waals surface area contributed by atoms with Crippen LogP contribution in [0.2, 0.25) is 0 Å². The average Bonchev–Trinajstić information content (AvgIpc) is 2.37. The molecule has 0 bridgehead atoms. The molecule has 1 rings (SSSR count). The van der Waals surface area contributed by atoms with Gasteiger partial charge in [0.1, 0.15) is 0 Å². The smallest absolute Gasteiger partial charge is 0.234 e. The van der Waals surface area contributed by atoms with Crippen molar-refractivity contribution in [3.63, 3.8) is 0 Å². The molecule has 1 atom stereocenters. The molecule has 1 saturated heterocycles. The first-order chi connectivity index (χ1) is 8.26. The summed E-state index contributed by atoms with van der Waals surface area (Å²) >= 11 is 4.04. The van der Waals surface area contributed by atoms with Crippen LogP contribution in [0, 0.1) is 0 Å². The molecule has 5 heteroatoms. The van der Waals surface area contributed by atoms with Gasteiger partial charge in [0.2, 0.25) is 5.91 Å². The van der Waals surface area contributed by atoms with E-state index in [1.807, 2.05) is 23.5 Å². The van der Waals surface area contributed by atoms with Crippen molar-refractivity contribution in [3.8, 4) is 0 Å². The Kier molecular flexibility index (Phi) is 8.14. The standard InChI is InChI=1S/C12H24N2OS2/c1-3-10(4-2)14-12(15)8-13-7-11-9-16-5-6-17-11/h10-11,13H,3-9H2,1-2H3,(H,14,15). The maximum Gasteiger partial charge on any atom is 0.234 e. The lowest BCUT2D eigenvalue weighted by atomic mass is 10.2. The second kappa shape index (κ2) is 9.11. The van der Waals surface area contributed by atoms with E-state index in [-0.39, 0.29) is 5.91 Å². The van der Waals surface area contributed by atoms with Gasteiger partial charge in [-0.1, -0.05) is 13.8 Å². The normalized spacial score (nSPS) is 20.5. The van der Waals surface area contributed by atoms with E-state index in [0.29, 0.717) is 17.8 Å². The number of amides is 1. The summed E-state index contributed by atoms with van der Waals surface area (Å²) in [7, 11) is 0. The van der Waals surface area contributed by atoms with Gasteiger partial charge in [-0.25, -0.2) is 0 Å². The summed E-state index contributed by atoms with van der Waals surface area (Å²) in [5.74, 6) is 3.87. The SMILES string of the molecule is CCC(CC)NC(=O)CNCC1CSCCS1. The lowest BCUT2D eigenvalue weighted by molar-refractivity contribution is -0.121. The molecule has 1 heterocycles. The molecule has 1 fully saturated rings. The Morgan fingerprint density at radius 1 is 1.35 bits per heavy atom. The largest absolute Gasteiger partial charge is 0.352 e. The van der Waals surface area contributed by atoms with Crippen LogP contribution in [0.1, 0.15) is 26.7 Å². The van der Waals surface area contributed by atoms with Gasteiger partial charge in [-0.15, -0.1) is 0 Å². The van der Waals surface area contributed by atoms with Crippen molar-refractivity contribution < 1.29 is 4.79 Å². The van der Waals surface area contributed by atoms with Crippen LogP contribution < -0.4 is 10.6 Å². The Labute approximate surface area is 113 Å². The first-order valence-electron chi connectivity index (χ1n) is 6.45. The topological polar surface area (TPSA) is 41.1 Å². The Hall–Kier alpha value is 0.130. The third-order valence-electron chi connectivity index (χ3n) is 2.89. The van der Waals surface area contributed by atoms with Gasteiger partial charge >= 0.3 is 0 Å². The third kappa shape index (κ3) is 6.58. The molecule has 1 aliphatic rings. The molecule has 2 N–H and O–H groups in total. The van der Waals surface area contributed by atoms with Crippen LogP contribution in [0.5, 0.6) is 0 Å². The molecule has 0 aliphatic carbocycles. The van der Waals surface area contributed by atoms with Crippen molar-refractivity contribution in [2.24, 2.45) is 0 Å². The molecule has 0 saturated carbocycles. The molecule has 1 aliphatic heterocycles. The summed E-state index contributed by atoms with van der Waals surface area (Å²) in [6.07, 6.45) is 2.02. The van der Waals surface area contributed by atoms with E-state index in [4.69, 9.17) is 0 Å². The number of thioether (sulfide) groups is 2. The Bertz CT molecular complexity index is 217. The monoisotopic (exact) mass is 276 g/mol. The highest BCUT2D eigenvalue weighted by molar-refractivity contribution is 8.06. The minimum absolute atomic E-state index is 0.132. The quantitative estimate of drug-likeness (QED) is 0.743. The third-order valence-corrected chi connectivity index (χ3v) is 5.74. The van der Waals surface area contributed by atoms with Crippen LogP contribution in [0.15, 0.2) is 0 Å². The van der Waals surface area contributed by atoms with Gasteiger partial charge in [0.25, 0.3) is 0 Å². The molecular weight excluding hydrogens is 252 g/mol. The van der Waals surface area contributed by atoms with E-state index in [9.17, 15) is 4.79 Å². The van der Waals surface area contributed by atoms with E-state index in [1.165, 1.54) is 17.3 Å². The van der Waals surface area contributed by atoms with Crippen molar-refractivity contribution in [1.29, 1.82) is 0 Å². The van der Waals surface area contributed by atoms with Gasteiger partial charge in [-0.05, 0) is 12.8 Å². The van der Waals surface area contributed by atoms with E-state index >= 15 is 0 Å². The van der Waals surface area contributed by atoms with Crippen LogP contribution in [-0.2, 0) is 4.79 Å². The fourth-order valence-corrected chi connectivity index (χ4v) is 4.42. The first-order valence-corrected chi connectivity index (χ1v) is 8.66. The molecule has 0 aromatic heterocycles. The van der Waals surface area contributed by atoms with E-state index in [0.717, 1.165) is 19.4 Å². The summed E-state index contributed by atoms with van der Waals surface area (Å²) in [5, 5.41) is 6.98. The number of hydrogen-bond acceptors (Lipinski definition) is 4. The Morgan fingerprint density at radius 2 is 2.12 bits per heavy atom. The minimum Gasteiger partial charge on any atom is -0.352 e. The number of nitrogens with one attached hydrogen (secondary N) is 2. The van der Waals surface area contributed by atoms with Gasteiger partial charge in [-0.2, -0.15) is 23.5 Å². The highest BCUT2D eigenvalue weighted by Gasteiger charge is 2.14. The van der Waals surface area contributed by atoms with Crippen molar-refractivity contribution in [2.45, 2.75) is 38.0 Å². The van der Waals surface area contributed by atoms with Crippen LogP contribution in [0.3, 0.4) is 0 Å². The highest BCUT2D eigenvalue weighted by atomic mass is 32.2. The van der Waals surface area contributed by atoms with Crippen LogP contribution in [-0.4, -0.2) is 47.5 Å². The van der Waals surface area contributed by atoms with Gasteiger partial charge in [-0.3, -0.25) is 4.79 Å².